The Morgan fingerprint density at radius 2 is 2.12 bits per heavy atom. The molecule has 1 aromatic rings. The number of hydrogen-bond donors (Lipinski definition) is 2. The van der Waals surface area contributed by atoms with Crippen LogP contribution in [0.1, 0.15) is 62.5 Å². The number of hydrogen-bond acceptors (Lipinski definition) is 3. The summed E-state index contributed by atoms with van der Waals surface area (Å²) in [6.45, 7) is 4.15. The molecule has 0 radical (unpaired) electrons. The van der Waals surface area contributed by atoms with Gasteiger partial charge < -0.3 is 15.2 Å². The fourth-order valence-corrected chi connectivity index (χ4v) is 5.97. The van der Waals surface area contributed by atoms with Gasteiger partial charge in [-0.3, -0.25) is 4.79 Å². The maximum Gasteiger partial charge on any atom is 0.306 e. The summed E-state index contributed by atoms with van der Waals surface area (Å²) >= 11 is 0. The average Bonchev–Trinajstić information content (AvgIpc) is 3.31. The highest BCUT2D eigenvalue weighted by Gasteiger charge is 2.58. The summed E-state index contributed by atoms with van der Waals surface area (Å²) in [5.41, 5.74) is 2.96. The van der Waals surface area contributed by atoms with Gasteiger partial charge in [-0.05, 0) is 85.9 Å². The molecule has 26 heavy (non-hydrogen) atoms. The topological polar surface area (TPSA) is 58.6 Å². The molecule has 4 nitrogen and oxygen atoms in total. The van der Waals surface area contributed by atoms with Gasteiger partial charge in [0.15, 0.2) is 0 Å². The van der Waals surface area contributed by atoms with Crippen molar-refractivity contribution in [3.05, 3.63) is 29.3 Å². The smallest absolute Gasteiger partial charge is 0.306 e. The van der Waals surface area contributed by atoms with Gasteiger partial charge in [-0.2, -0.15) is 0 Å². The van der Waals surface area contributed by atoms with Crippen molar-refractivity contribution in [2.75, 3.05) is 13.1 Å². The first-order chi connectivity index (χ1) is 12.5. The molecule has 0 amide bonds. The maximum absolute atomic E-state index is 11.6. The van der Waals surface area contributed by atoms with Crippen molar-refractivity contribution in [3.63, 3.8) is 0 Å². The van der Waals surface area contributed by atoms with Gasteiger partial charge in [0.2, 0.25) is 0 Å². The Kier molecular flexibility index (Phi) is 3.66. The van der Waals surface area contributed by atoms with E-state index in [9.17, 15) is 9.90 Å². The molecule has 0 aromatic heterocycles. The second kappa shape index (κ2) is 5.72. The molecule has 2 spiro atoms. The number of rotatable bonds is 4. The summed E-state index contributed by atoms with van der Waals surface area (Å²) in [5.74, 6) is 0.637. The molecular weight excluding hydrogens is 326 g/mol. The molecule has 4 aliphatic rings. The molecule has 5 rings (SSSR count). The Hall–Kier alpha value is -1.55. The second-order valence-corrected chi connectivity index (χ2v) is 9.42. The highest BCUT2D eigenvalue weighted by molar-refractivity contribution is 5.71. The average molecular weight is 355 g/mol. The predicted octanol–water partition coefficient (Wildman–Crippen LogP) is 3.74. The molecule has 1 aromatic carbocycles. The van der Waals surface area contributed by atoms with Crippen LogP contribution in [0.15, 0.2) is 18.2 Å². The van der Waals surface area contributed by atoms with Gasteiger partial charge in [0.05, 0.1) is 5.92 Å². The van der Waals surface area contributed by atoms with Crippen LogP contribution < -0.4 is 10.1 Å². The SMILES string of the molecule is C[C@H](C(=O)O)[C@H](c1ccc2c(c1)OC1(CC2)CC2(CCNC2)C1)C1CC1. The zero-order valence-electron chi connectivity index (χ0n) is 15.6. The Morgan fingerprint density at radius 3 is 2.77 bits per heavy atom. The Morgan fingerprint density at radius 1 is 1.31 bits per heavy atom. The zero-order chi connectivity index (χ0) is 17.9. The molecule has 2 aliphatic carbocycles. The number of carboxylic acid groups (broad SMARTS) is 1. The van der Waals surface area contributed by atoms with Crippen molar-refractivity contribution in [1.82, 2.24) is 5.32 Å². The first-order valence-corrected chi connectivity index (χ1v) is 10.2. The molecule has 2 heterocycles. The Labute approximate surface area is 155 Å². The van der Waals surface area contributed by atoms with Crippen molar-refractivity contribution in [3.8, 4) is 5.75 Å². The minimum Gasteiger partial charge on any atom is -0.487 e. The molecule has 2 atom stereocenters. The van der Waals surface area contributed by atoms with Crippen LogP contribution in [0.25, 0.3) is 0 Å². The van der Waals surface area contributed by atoms with Gasteiger partial charge in [-0.1, -0.05) is 19.1 Å². The van der Waals surface area contributed by atoms with E-state index in [1.165, 1.54) is 24.8 Å². The van der Waals surface area contributed by atoms with Crippen molar-refractivity contribution in [1.29, 1.82) is 0 Å². The van der Waals surface area contributed by atoms with E-state index in [0.29, 0.717) is 11.3 Å². The zero-order valence-corrected chi connectivity index (χ0v) is 15.6. The van der Waals surface area contributed by atoms with E-state index in [2.05, 4.69) is 23.5 Å². The summed E-state index contributed by atoms with van der Waals surface area (Å²) in [5, 5.41) is 13.1. The van der Waals surface area contributed by atoms with Crippen LogP contribution in [0.3, 0.4) is 0 Å². The molecule has 0 bridgehead atoms. The standard InChI is InChI=1S/C22H29NO3/c1-14(20(24)25)19(16-3-4-16)17-5-2-15-6-7-22(26-18(15)10-17)11-21(12-22)8-9-23-13-21/h2,5,10,14,16,19,23H,3-4,6-9,11-13H2,1H3,(H,24,25)/t14-,19-,21?,22?/m0/s1. The van der Waals surface area contributed by atoms with Crippen LogP contribution >= 0.6 is 0 Å². The van der Waals surface area contributed by atoms with Crippen molar-refractivity contribution in [2.24, 2.45) is 17.3 Å². The van der Waals surface area contributed by atoms with E-state index < -0.39 is 5.97 Å². The number of carbonyl (C=O) groups is 1. The van der Waals surface area contributed by atoms with Crippen LogP contribution in [0.2, 0.25) is 0 Å². The van der Waals surface area contributed by atoms with Gasteiger partial charge in [-0.15, -0.1) is 0 Å². The number of ether oxygens (including phenoxy) is 1. The van der Waals surface area contributed by atoms with Crippen molar-refractivity contribution < 1.29 is 14.6 Å². The molecule has 2 saturated carbocycles. The molecule has 2 N–H and O–H groups in total. The molecule has 3 fully saturated rings. The van der Waals surface area contributed by atoms with E-state index in [-0.39, 0.29) is 17.4 Å². The van der Waals surface area contributed by atoms with Crippen LogP contribution in [0, 0.1) is 17.3 Å². The lowest BCUT2D eigenvalue weighted by molar-refractivity contribution is -0.142. The minimum atomic E-state index is -0.688. The summed E-state index contributed by atoms with van der Waals surface area (Å²) < 4.78 is 6.60. The molecular formula is C22H29NO3. The monoisotopic (exact) mass is 355 g/mol. The molecule has 0 unspecified atom stereocenters. The number of aliphatic carboxylic acids is 1. The van der Waals surface area contributed by atoms with Gasteiger partial charge in [0, 0.05) is 6.54 Å². The third-order valence-corrected chi connectivity index (χ3v) is 7.44. The highest BCUT2D eigenvalue weighted by atomic mass is 16.5. The molecule has 140 valence electrons. The second-order valence-electron chi connectivity index (χ2n) is 9.42. The lowest BCUT2D eigenvalue weighted by Gasteiger charge is -2.56. The fourth-order valence-electron chi connectivity index (χ4n) is 5.97. The van der Waals surface area contributed by atoms with Crippen LogP contribution in [0.4, 0.5) is 0 Å². The molecule has 1 saturated heterocycles. The number of benzene rings is 1. The maximum atomic E-state index is 11.6. The molecule has 2 aliphatic heterocycles. The number of aryl methyl sites for hydroxylation is 1. The van der Waals surface area contributed by atoms with Crippen LogP contribution in [0.5, 0.6) is 5.75 Å². The lowest BCUT2D eigenvalue weighted by Crippen LogP contribution is -2.57. The molecule has 4 heteroatoms. The highest BCUT2D eigenvalue weighted by Crippen LogP contribution is 2.58. The lowest BCUT2D eigenvalue weighted by atomic mass is 9.56. The third kappa shape index (κ3) is 2.65. The van der Waals surface area contributed by atoms with E-state index in [1.807, 2.05) is 6.92 Å². The van der Waals surface area contributed by atoms with Gasteiger partial charge in [0.1, 0.15) is 11.4 Å². The normalized spacial score (nSPS) is 34.8. The quantitative estimate of drug-likeness (QED) is 0.864. The number of nitrogens with one attached hydrogen (secondary N) is 1. The number of fused-ring (bicyclic) bond motifs is 1. The summed E-state index contributed by atoms with van der Waals surface area (Å²) in [7, 11) is 0. The van der Waals surface area contributed by atoms with Gasteiger partial charge in [-0.25, -0.2) is 0 Å². The van der Waals surface area contributed by atoms with Gasteiger partial charge >= 0.3 is 5.97 Å². The first-order valence-electron chi connectivity index (χ1n) is 10.2. The third-order valence-electron chi connectivity index (χ3n) is 7.44. The van der Waals surface area contributed by atoms with Crippen molar-refractivity contribution in [2.45, 2.75) is 63.4 Å². The number of carboxylic acids is 1. The van der Waals surface area contributed by atoms with E-state index in [0.717, 1.165) is 50.1 Å². The fraction of sp³-hybridized carbons (Fsp3) is 0.682. The summed E-state index contributed by atoms with van der Waals surface area (Å²) in [4.78, 5) is 11.6. The van der Waals surface area contributed by atoms with E-state index >= 15 is 0 Å². The van der Waals surface area contributed by atoms with Gasteiger partial charge in [0.25, 0.3) is 0 Å². The Bertz CT molecular complexity index is 725. The largest absolute Gasteiger partial charge is 0.487 e. The first kappa shape index (κ1) is 16.6. The van der Waals surface area contributed by atoms with E-state index in [1.54, 1.807) is 0 Å². The predicted molar refractivity (Wildman–Crippen MR) is 99.5 cm³/mol. The summed E-state index contributed by atoms with van der Waals surface area (Å²) in [6, 6.07) is 6.52. The van der Waals surface area contributed by atoms with Crippen molar-refractivity contribution >= 4 is 5.97 Å². The minimum absolute atomic E-state index is 0.0329. The Balaban J connectivity index is 1.39. The van der Waals surface area contributed by atoms with E-state index in [4.69, 9.17) is 4.74 Å². The van der Waals surface area contributed by atoms with Crippen LogP contribution in [-0.4, -0.2) is 29.8 Å². The van der Waals surface area contributed by atoms with Crippen LogP contribution in [-0.2, 0) is 11.2 Å². The summed E-state index contributed by atoms with van der Waals surface area (Å²) in [6.07, 6.45) is 8.15.